The maximum atomic E-state index is 10.6. The fourth-order valence-electron chi connectivity index (χ4n) is 3.46. The minimum Gasteiger partial charge on any atom is -0.508 e. The molecule has 3 nitrogen and oxygen atoms in total. The zero-order valence-corrected chi connectivity index (χ0v) is 16.0. The number of benzene rings is 2. The van der Waals surface area contributed by atoms with E-state index in [9.17, 15) is 10.2 Å². The molecule has 0 amide bonds. The van der Waals surface area contributed by atoms with Crippen LogP contribution in [0.25, 0.3) is 0 Å². The third kappa shape index (κ3) is 5.40. The first-order valence-corrected chi connectivity index (χ1v) is 9.65. The highest BCUT2D eigenvalue weighted by atomic mass is 16.5. The Morgan fingerprint density at radius 1 is 0.963 bits per heavy atom. The second-order valence-electron chi connectivity index (χ2n) is 7.34. The molecule has 0 aromatic heterocycles. The van der Waals surface area contributed by atoms with Crippen molar-refractivity contribution >= 4 is 0 Å². The molecule has 142 valence electrons. The van der Waals surface area contributed by atoms with Crippen LogP contribution < -0.4 is 4.74 Å². The van der Waals surface area contributed by atoms with Crippen LogP contribution in [-0.2, 0) is 19.3 Å². The largest absolute Gasteiger partial charge is 0.508 e. The third-order valence-electron chi connectivity index (χ3n) is 5.05. The van der Waals surface area contributed by atoms with Gasteiger partial charge in [0.2, 0.25) is 0 Å². The van der Waals surface area contributed by atoms with Gasteiger partial charge in [-0.05, 0) is 80.8 Å². The molecule has 2 aromatic carbocycles. The van der Waals surface area contributed by atoms with Crippen LogP contribution in [0.4, 0.5) is 0 Å². The molecule has 0 saturated carbocycles. The predicted molar refractivity (Wildman–Crippen MR) is 109 cm³/mol. The summed E-state index contributed by atoms with van der Waals surface area (Å²) in [7, 11) is 0. The fourth-order valence-corrected chi connectivity index (χ4v) is 3.46. The van der Waals surface area contributed by atoms with Crippen LogP contribution in [0.5, 0.6) is 17.2 Å². The van der Waals surface area contributed by atoms with Crippen LogP contribution in [0.1, 0.15) is 49.3 Å². The molecular weight excluding hydrogens is 336 g/mol. The van der Waals surface area contributed by atoms with E-state index in [0.29, 0.717) is 5.75 Å². The topological polar surface area (TPSA) is 49.7 Å². The summed E-state index contributed by atoms with van der Waals surface area (Å²) in [4.78, 5) is 0. The van der Waals surface area contributed by atoms with Crippen molar-refractivity contribution in [2.24, 2.45) is 0 Å². The molecule has 2 N–H and O–H groups in total. The second-order valence-corrected chi connectivity index (χ2v) is 7.34. The van der Waals surface area contributed by atoms with Crippen LogP contribution >= 0.6 is 0 Å². The summed E-state index contributed by atoms with van der Waals surface area (Å²) in [6.45, 7) is 6.22. The lowest BCUT2D eigenvalue weighted by Gasteiger charge is -2.16. The number of phenolic OH excluding ortho intramolecular Hbond substituents is 2. The van der Waals surface area contributed by atoms with Gasteiger partial charge in [-0.2, -0.15) is 0 Å². The lowest BCUT2D eigenvalue weighted by atomic mass is 9.99. The highest BCUT2D eigenvalue weighted by Gasteiger charge is 2.14. The van der Waals surface area contributed by atoms with Crippen molar-refractivity contribution < 1.29 is 14.9 Å². The SMILES string of the molecule is C=C1CCC/C(C)=C\CCc2c(O)cc(CCc3ccc(O)cc3)cc2O1. The van der Waals surface area contributed by atoms with E-state index in [2.05, 4.69) is 19.6 Å². The summed E-state index contributed by atoms with van der Waals surface area (Å²) in [5, 5.41) is 20.0. The van der Waals surface area contributed by atoms with Gasteiger partial charge in [-0.1, -0.05) is 30.4 Å². The lowest BCUT2D eigenvalue weighted by molar-refractivity contribution is 0.390. The van der Waals surface area contributed by atoms with Gasteiger partial charge < -0.3 is 14.9 Å². The van der Waals surface area contributed by atoms with Crippen molar-refractivity contribution in [1.82, 2.24) is 0 Å². The number of aryl methyl sites for hydroxylation is 2. The van der Waals surface area contributed by atoms with Gasteiger partial charge >= 0.3 is 0 Å². The molecule has 1 aliphatic heterocycles. The average molecular weight is 364 g/mol. The maximum Gasteiger partial charge on any atom is 0.134 e. The Morgan fingerprint density at radius 3 is 2.48 bits per heavy atom. The first-order valence-electron chi connectivity index (χ1n) is 9.65. The van der Waals surface area contributed by atoms with E-state index in [0.717, 1.165) is 73.1 Å². The Hall–Kier alpha value is -2.68. The molecule has 0 fully saturated rings. The van der Waals surface area contributed by atoms with Gasteiger partial charge in [-0.15, -0.1) is 0 Å². The molecule has 0 unspecified atom stereocenters. The number of hydrogen-bond donors (Lipinski definition) is 2. The number of rotatable bonds is 3. The van der Waals surface area contributed by atoms with E-state index in [1.807, 2.05) is 24.3 Å². The number of ether oxygens (including phenoxy) is 1. The summed E-state index contributed by atoms with van der Waals surface area (Å²) in [6, 6.07) is 11.1. The Labute approximate surface area is 161 Å². The molecule has 1 heterocycles. The molecule has 2 aromatic rings. The number of hydrogen-bond acceptors (Lipinski definition) is 3. The smallest absolute Gasteiger partial charge is 0.134 e. The van der Waals surface area contributed by atoms with Crippen LogP contribution in [0.2, 0.25) is 0 Å². The van der Waals surface area contributed by atoms with Crippen molar-refractivity contribution in [3.05, 3.63) is 77.1 Å². The monoisotopic (exact) mass is 364 g/mol. The summed E-state index contributed by atoms with van der Waals surface area (Å²) in [6.07, 6.45) is 8.45. The van der Waals surface area contributed by atoms with Crippen LogP contribution in [0.3, 0.4) is 0 Å². The van der Waals surface area contributed by atoms with Gasteiger partial charge in [0, 0.05) is 12.0 Å². The number of aromatic hydroxyl groups is 2. The molecule has 0 spiro atoms. The zero-order chi connectivity index (χ0) is 19.2. The summed E-state index contributed by atoms with van der Waals surface area (Å²) >= 11 is 0. The highest BCUT2D eigenvalue weighted by molar-refractivity contribution is 5.48. The van der Waals surface area contributed by atoms with Gasteiger partial charge in [-0.25, -0.2) is 0 Å². The molecule has 0 radical (unpaired) electrons. The first kappa shape index (κ1) is 19.1. The second kappa shape index (κ2) is 8.81. The van der Waals surface area contributed by atoms with E-state index in [4.69, 9.17) is 4.74 Å². The van der Waals surface area contributed by atoms with Crippen molar-refractivity contribution in [1.29, 1.82) is 0 Å². The van der Waals surface area contributed by atoms with Crippen LogP contribution in [0.15, 0.2) is 60.4 Å². The van der Waals surface area contributed by atoms with E-state index >= 15 is 0 Å². The van der Waals surface area contributed by atoms with Crippen molar-refractivity contribution in [2.45, 2.75) is 51.9 Å². The molecule has 27 heavy (non-hydrogen) atoms. The van der Waals surface area contributed by atoms with Gasteiger partial charge in [0.1, 0.15) is 17.2 Å². The molecule has 0 saturated heterocycles. The number of fused-ring (bicyclic) bond motifs is 1. The van der Waals surface area contributed by atoms with Crippen LogP contribution in [-0.4, -0.2) is 10.2 Å². The van der Waals surface area contributed by atoms with Crippen molar-refractivity contribution in [3.8, 4) is 17.2 Å². The normalized spacial score (nSPS) is 17.2. The molecule has 3 rings (SSSR count). The predicted octanol–water partition coefficient (Wildman–Crippen LogP) is 5.84. The number of allylic oxidation sites excluding steroid dienone is 3. The van der Waals surface area contributed by atoms with E-state index < -0.39 is 0 Å². The van der Waals surface area contributed by atoms with Gasteiger partial charge in [-0.3, -0.25) is 0 Å². The standard InChI is InChI=1S/C24H28O3/c1-17-5-3-7-18(2)27-24-16-20(15-23(26)22(24)8-4-6-17)10-9-19-11-13-21(25)14-12-19/h6,11-16,25-26H,2-5,7-10H2,1H3/b17-6-. The first-order chi connectivity index (χ1) is 13.0. The van der Waals surface area contributed by atoms with Crippen LogP contribution in [0, 0.1) is 0 Å². The molecule has 0 bridgehead atoms. The van der Waals surface area contributed by atoms with E-state index in [-0.39, 0.29) is 5.75 Å². The molecule has 0 atom stereocenters. The van der Waals surface area contributed by atoms with Gasteiger partial charge in [0.15, 0.2) is 0 Å². The Bertz CT molecular complexity index is 831. The third-order valence-corrected chi connectivity index (χ3v) is 5.05. The molecule has 0 aliphatic carbocycles. The molecule has 3 heteroatoms. The summed E-state index contributed by atoms with van der Waals surface area (Å²) in [5.41, 5.74) is 4.43. The Kier molecular flexibility index (Phi) is 6.23. The maximum absolute atomic E-state index is 10.6. The molecular formula is C24H28O3. The zero-order valence-electron chi connectivity index (χ0n) is 16.0. The summed E-state index contributed by atoms with van der Waals surface area (Å²) < 4.78 is 6.04. The van der Waals surface area contributed by atoms with Crippen molar-refractivity contribution in [3.63, 3.8) is 0 Å². The van der Waals surface area contributed by atoms with Gasteiger partial charge in [0.25, 0.3) is 0 Å². The average Bonchev–Trinajstić information content (AvgIpc) is 2.66. The van der Waals surface area contributed by atoms with Crippen molar-refractivity contribution in [2.75, 3.05) is 0 Å². The van der Waals surface area contributed by atoms with E-state index in [1.165, 1.54) is 5.57 Å². The number of phenols is 2. The Morgan fingerprint density at radius 2 is 1.70 bits per heavy atom. The highest BCUT2D eigenvalue weighted by Crippen LogP contribution is 2.34. The molecule has 1 aliphatic rings. The Balaban J connectivity index is 1.81. The quantitative estimate of drug-likeness (QED) is 0.673. The fraction of sp³-hybridized carbons (Fsp3) is 0.333. The minimum atomic E-state index is 0.275. The summed E-state index contributed by atoms with van der Waals surface area (Å²) in [5.74, 6) is 2.05. The van der Waals surface area contributed by atoms with Gasteiger partial charge in [0.05, 0.1) is 5.76 Å². The minimum absolute atomic E-state index is 0.275. The van der Waals surface area contributed by atoms with E-state index in [1.54, 1.807) is 12.1 Å². The lowest BCUT2D eigenvalue weighted by Crippen LogP contribution is -2.00.